The fourth-order valence-corrected chi connectivity index (χ4v) is 4.28. The predicted octanol–water partition coefficient (Wildman–Crippen LogP) is 5.67. The molecule has 0 saturated heterocycles. The molecule has 0 atom stereocenters. The van der Waals surface area contributed by atoms with Crippen LogP contribution in [-0.2, 0) is 0 Å². The first-order valence-corrected chi connectivity index (χ1v) is 11.0. The largest absolute Gasteiger partial charge is 0.504 e. The number of hydrogen-bond donors (Lipinski definition) is 1. The van der Waals surface area contributed by atoms with Crippen molar-refractivity contribution in [2.45, 2.75) is 13.8 Å². The summed E-state index contributed by atoms with van der Waals surface area (Å²) in [6, 6.07) is 19.1. The molecule has 5 rings (SSSR count). The molecular formula is C27H25N3O4. The summed E-state index contributed by atoms with van der Waals surface area (Å²) in [5, 5.41) is 17.8. The third-order valence-corrected chi connectivity index (χ3v) is 5.84. The molecule has 0 aliphatic rings. The van der Waals surface area contributed by atoms with Gasteiger partial charge in [-0.2, -0.15) is 5.10 Å². The zero-order valence-electron chi connectivity index (χ0n) is 19.5. The number of pyridine rings is 1. The van der Waals surface area contributed by atoms with Crippen molar-refractivity contribution >= 4 is 21.8 Å². The third kappa shape index (κ3) is 3.46. The molecule has 0 unspecified atom stereocenters. The molecule has 0 fully saturated rings. The second kappa shape index (κ2) is 8.59. The van der Waals surface area contributed by atoms with Crippen LogP contribution in [0.15, 0.2) is 60.7 Å². The van der Waals surface area contributed by atoms with E-state index in [0.717, 1.165) is 44.4 Å². The molecule has 172 valence electrons. The molecular weight excluding hydrogens is 430 g/mol. The smallest absolute Gasteiger partial charge is 0.164 e. The van der Waals surface area contributed by atoms with Crippen LogP contribution in [0.1, 0.15) is 12.6 Å². The molecule has 7 nitrogen and oxygen atoms in total. The van der Waals surface area contributed by atoms with E-state index in [1.165, 1.54) is 0 Å². The second-order valence-electron chi connectivity index (χ2n) is 7.86. The van der Waals surface area contributed by atoms with Crippen LogP contribution in [-0.4, -0.2) is 40.7 Å². The Hall–Kier alpha value is -4.26. The van der Waals surface area contributed by atoms with Crippen molar-refractivity contribution < 1.29 is 19.3 Å². The number of ether oxygens (including phenoxy) is 3. The van der Waals surface area contributed by atoms with E-state index in [9.17, 15) is 5.11 Å². The van der Waals surface area contributed by atoms with Crippen LogP contribution in [0.4, 0.5) is 0 Å². The first-order valence-electron chi connectivity index (χ1n) is 11.0. The normalized spacial score (nSPS) is 11.2. The number of nitrogens with zero attached hydrogens (tertiary/aromatic N) is 3. The Morgan fingerprint density at radius 1 is 0.882 bits per heavy atom. The Bertz CT molecular complexity index is 1510. The highest BCUT2D eigenvalue weighted by molar-refractivity contribution is 6.12. The van der Waals surface area contributed by atoms with E-state index < -0.39 is 0 Å². The Labute approximate surface area is 197 Å². The number of phenols is 1. The number of methoxy groups -OCH3 is 2. The minimum absolute atomic E-state index is 0.0837. The van der Waals surface area contributed by atoms with Crippen LogP contribution in [0.25, 0.3) is 38.8 Å². The Morgan fingerprint density at radius 2 is 1.59 bits per heavy atom. The zero-order chi connectivity index (χ0) is 23.8. The fourth-order valence-electron chi connectivity index (χ4n) is 4.28. The van der Waals surface area contributed by atoms with Gasteiger partial charge in [0.05, 0.1) is 43.3 Å². The van der Waals surface area contributed by atoms with Gasteiger partial charge in [-0.3, -0.25) is 0 Å². The maximum atomic E-state index is 10.2. The molecule has 0 amide bonds. The van der Waals surface area contributed by atoms with E-state index in [4.69, 9.17) is 24.3 Å². The summed E-state index contributed by atoms with van der Waals surface area (Å²) in [5.74, 6) is 1.72. The van der Waals surface area contributed by atoms with E-state index in [-0.39, 0.29) is 5.75 Å². The van der Waals surface area contributed by atoms with Gasteiger partial charge in [0.2, 0.25) is 0 Å². The van der Waals surface area contributed by atoms with Gasteiger partial charge in [0.25, 0.3) is 0 Å². The van der Waals surface area contributed by atoms with Crippen LogP contribution in [0, 0.1) is 6.92 Å². The number of fused-ring (bicyclic) bond motifs is 3. The van der Waals surface area contributed by atoms with E-state index in [1.807, 2.05) is 67.1 Å². The molecule has 1 N–H and O–H groups in total. The monoisotopic (exact) mass is 455 g/mol. The van der Waals surface area contributed by atoms with Gasteiger partial charge in [-0.25, -0.2) is 9.67 Å². The zero-order valence-corrected chi connectivity index (χ0v) is 19.5. The van der Waals surface area contributed by atoms with Crippen molar-refractivity contribution in [1.82, 2.24) is 14.8 Å². The number of rotatable bonds is 6. The average Bonchev–Trinajstić information content (AvgIpc) is 3.21. The predicted molar refractivity (Wildman–Crippen MR) is 132 cm³/mol. The number of hydrogen-bond acceptors (Lipinski definition) is 6. The molecule has 2 aromatic heterocycles. The minimum Gasteiger partial charge on any atom is -0.504 e. The number of aromatic nitrogens is 3. The lowest BCUT2D eigenvalue weighted by atomic mass is 10.00. The standard InChI is InChI=1S/C27H25N3O4/c1-5-34-22-13-17(11-12-21(22)31)26-20-15-24(33-4)23(32-3)14-19(20)25-16(2)29-30(27(25)28-26)18-9-7-6-8-10-18/h6-15,31H,5H2,1-4H3. The molecule has 2 heterocycles. The topological polar surface area (TPSA) is 78.6 Å². The lowest BCUT2D eigenvalue weighted by Crippen LogP contribution is -1.99. The number of para-hydroxylation sites is 1. The van der Waals surface area contributed by atoms with Gasteiger partial charge in [0.15, 0.2) is 28.6 Å². The minimum atomic E-state index is 0.0837. The molecule has 0 bridgehead atoms. The summed E-state index contributed by atoms with van der Waals surface area (Å²) in [7, 11) is 3.24. The Kier molecular flexibility index (Phi) is 5.45. The summed E-state index contributed by atoms with van der Waals surface area (Å²) in [6.07, 6.45) is 0. The summed E-state index contributed by atoms with van der Waals surface area (Å²) >= 11 is 0. The first-order chi connectivity index (χ1) is 16.5. The van der Waals surface area contributed by atoms with Crippen LogP contribution in [0.3, 0.4) is 0 Å². The molecule has 3 aromatic carbocycles. The molecule has 34 heavy (non-hydrogen) atoms. The number of phenolic OH excluding ortho intramolecular Hbond substituents is 1. The van der Waals surface area contributed by atoms with Crippen LogP contribution in [0.5, 0.6) is 23.0 Å². The molecule has 0 radical (unpaired) electrons. The Balaban J connectivity index is 1.91. The number of aromatic hydroxyl groups is 1. The van der Waals surface area contributed by atoms with E-state index in [2.05, 4.69) is 0 Å². The van der Waals surface area contributed by atoms with Crippen molar-refractivity contribution in [3.05, 3.63) is 66.4 Å². The molecule has 0 spiro atoms. The van der Waals surface area contributed by atoms with Crippen molar-refractivity contribution in [3.8, 4) is 39.9 Å². The van der Waals surface area contributed by atoms with Crippen molar-refractivity contribution in [2.75, 3.05) is 20.8 Å². The van der Waals surface area contributed by atoms with Gasteiger partial charge in [-0.05, 0) is 56.3 Å². The van der Waals surface area contributed by atoms with Crippen molar-refractivity contribution in [3.63, 3.8) is 0 Å². The van der Waals surface area contributed by atoms with Crippen molar-refractivity contribution in [1.29, 1.82) is 0 Å². The van der Waals surface area contributed by atoms with Gasteiger partial charge in [0, 0.05) is 16.3 Å². The van der Waals surface area contributed by atoms with E-state index in [0.29, 0.717) is 23.9 Å². The summed E-state index contributed by atoms with van der Waals surface area (Å²) in [5.41, 5.74) is 4.03. The third-order valence-electron chi connectivity index (χ3n) is 5.84. The molecule has 0 aliphatic carbocycles. The second-order valence-corrected chi connectivity index (χ2v) is 7.86. The number of benzene rings is 3. The average molecular weight is 456 g/mol. The highest BCUT2D eigenvalue weighted by atomic mass is 16.5. The van der Waals surface area contributed by atoms with E-state index >= 15 is 0 Å². The maximum Gasteiger partial charge on any atom is 0.164 e. The SMILES string of the molecule is CCOc1cc(-c2nc3c(c(C)nn3-c3ccccc3)c3cc(OC)c(OC)cc23)ccc1O. The number of aryl methyl sites for hydroxylation is 1. The highest BCUT2D eigenvalue weighted by Gasteiger charge is 2.21. The van der Waals surface area contributed by atoms with Gasteiger partial charge in [-0.1, -0.05) is 18.2 Å². The maximum absolute atomic E-state index is 10.2. The van der Waals surface area contributed by atoms with E-state index in [1.54, 1.807) is 26.4 Å². The fraction of sp³-hybridized carbons (Fsp3) is 0.185. The Morgan fingerprint density at radius 3 is 2.26 bits per heavy atom. The quantitative estimate of drug-likeness (QED) is 0.355. The summed E-state index contributed by atoms with van der Waals surface area (Å²) in [6.45, 7) is 4.30. The summed E-state index contributed by atoms with van der Waals surface area (Å²) in [4.78, 5) is 5.10. The van der Waals surface area contributed by atoms with Gasteiger partial charge < -0.3 is 19.3 Å². The van der Waals surface area contributed by atoms with Gasteiger partial charge in [0.1, 0.15) is 0 Å². The first kappa shape index (κ1) is 21.6. The van der Waals surface area contributed by atoms with Crippen molar-refractivity contribution in [2.24, 2.45) is 0 Å². The molecule has 0 aliphatic heterocycles. The lowest BCUT2D eigenvalue weighted by Gasteiger charge is -2.14. The van der Waals surface area contributed by atoms with Crippen LogP contribution in [0.2, 0.25) is 0 Å². The highest BCUT2D eigenvalue weighted by Crippen LogP contribution is 2.42. The van der Waals surface area contributed by atoms with Crippen LogP contribution < -0.4 is 14.2 Å². The molecule has 5 aromatic rings. The van der Waals surface area contributed by atoms with Gasteiger partial charge in [-0.15, -0.1) is 0 Å². The summed E-state index contributed by atoms with van der Waals surface area (Å²) < 4.78 is 18.7. The van der Waals surface area contributed by atoms with Gasteiger partial charge >= 0.3 is 0 Å². The van der Waals surface area contributed by atoms with Crippen LogP contribution >= 0.6 is 0 Å². The molecule has 0 saturated carbocycles. The molecule has 7 heteroatoms. The lowest BCUT2D eigenvalue weighted by molar-refractivity contribution is 0.318.